The summed E-state index contributed by atoms with van der Waals surface area (Å²) >= 11 is 22.9. The molecule has 3 amide bonds. The zero-order valence-corrected chi connectivity index (χ0v) is 27.5. The van der Waals surface area contributed by atoms with Crippen molar-refractivity contribution in [2.24, 2.45) is 5.92 Å². The zero-order valence-electron chi connectivity index (χ0n) is 23.6. The average molecular weight is 686 g/mol. The molecule has 2 fully saturated rings. The number of urea groups is 1. The smallest absolute Gasteiger partial charge is 0.341 e. The first kappa shape index (κ1) is 37.9. The van der Waals surface area contributed by atoms with Crippen LogP contribution in [0.5, 0.6) is 5.75 Å². The summed E-state index contributed by atoms with van der Waals surface area (Å²) in [5, 5.41) is 15.9. The third-order valence-electron chi connectivity index (χ3n) is 6.22. The second-order valence-electron chi connectivity index (χ2n) is 10.0. The first-order chi connectivity index (χ1) is 19.5. The van der Waals surface area contributed by atoms with Crippen molar-refractivity contribution in [1.82, 2.24) is 10.2 Å². The average Bonchev–Trinajstić information content (AvgIpc) is 3.74. The zero-order chi connectivity index (χ0) is 30.4. The molecule has 2 aliphatic rings. The molecule has 0 radical (unpaired) electrons. The van der Waals surface area contributed by atoms with E-state index in [2.05, 4.69) is 10.6 Å². The number of aliphatic carboxylic acids is 1. The highest BCUT2D eigenvalue weighted by Crippen LogP contribution is 2.31. The van der Waals surface area contributed by atoms with Crippen LogP contribution in [0.15, 0.2) is 36.4 Å². The first-order valence-corrected chi connectivity index (χ1v) is 15.0. The summed E-state index contributed by atoms with van der Waals surface area (Å²) in [7, 11) is 3.58. The summed E-state index contributed by atoms with van der Waals surface area (Å²) < 4.78 is 4.86. The van der Waals surface area contributed by atoms with Crippen molar-refractivity contribution in [3.63, 3.8) is 0 Å². The number of anilines is 1. The second kappa shape index (κ2) is 20.0. The largest absolute Gasteiger partial charge is 0.480 e. The molecule has 0 aromatic heterocycles. The Hall–Kier alpha value is -2.10. The van der Waals surface area contributed by atoms with E-state index in [4.69, 9.17) is 56.2 Å². The number of carboxylic acids is 1. The van der Waals surface area contributed by atoms with Crippen LogP contribution in [0.25, 0.3) is 0 Å². The number of ether oxygens (including phenoxy) is 1. The highest BCUT2D eigenvalue weighted by atomic mass is 35.5. The predicted molar refractivity (Wildman–Crippen MR) is 173 cm³/mol. The van der Waals surface area contributed by atoms with Crippen LogP contribution >= 0.6 is 58.8 Å². The second-order valence-corrected chi connectivity index (χ2v) is 11.7. The van der Waals surface area contributed by atoms with Gasteiger partial charge < -0.3 is 25.4 Å². The van der Waals surface area contributed by atoms with Crippen LogP contribution in [0.2, 0.25) is 20.1 Å². The van der Waals surface area contributed by atoms with Gasteiger partial charge in [0, 0.05) is 36.8 Å². The molecule has 0 bridgehead atoms. The van der Waals surface area contributed by atoms with E-state index in [0.717, 1.165) is 25.7 Å². The van der Waals surface area contributed by atoms with Gasteiger partial charge in [-0.25, -0.2) is 9.59 Å². The van der Waals surface area contributed by atoms with Crippen LogP contribution in [-0.4, -0.2) is 54.7 Å². The lowest BCUT2D eigenvalue weighted by Gasteiger charge is -2.23. The Morgan fingerprint density at radius 1 is 0.857 bits per heavy atom. The number of nitrogens with one attached hydrogen (secondary N) is 2. The van der Waals surface area contributed by atoms with Crippen LogP contribution < -0.4 is 15.4 Å². The summed E-state index contributed by atoms with van der Waals surface area (Å²) in [5.74, 6) is -0.465. The number of rotatable bonds is 6. The Morgan fingerprint density at radius 2 is 1.48 bits per heavy atom. The van der Waals surface area contributed by atoms with Crippen LogP contribution in [0.1, 0.15) is 57.8 Å². The van der Waals surface area contributed by atoms with Crippen molar-refractivity contribution in [3.05, 3.63) is 56.5 Å². The van der Waals surface area contributed by atoms with Gasteiger partial charge in [-0.05, 0) is 62.1 Å². The Bertz CT molecular complexity index is 1160. The van der Waals surface area contributed by atoms with Crippen molar-refractivity contribution in [2.75, 3.05) is 26.0 Å². The lowest BCUT2D eigenvalue weighted by Crippen LogP contribution is -2.41. The van der Waals surface area contributed by atoms with E-state index in [1.54, 1.807) is 43.3 Å². The van der Waals surface area contributed by atoms with Gasteiger partial charge in [-0.1, -0.05) is 78.5 Å². The molecule has 2 aromatic rings. The van der Waals surface area contributed by atoms with E-state index in [9.17, 15) is 14.4 Å². The number of halogens is 5. The highest BCUT2D eigenvalue weighted by Gasteiger charge is 2.29. The Labute approximate surface area is 273 Å². The maximum absolute atomic E-state index is 11.4. The normalized spacial score (nSPS) is 14.6. The minimum absolute atomic E-state index is 0. The number of carbonyl (C=O) groups is 3. The fourth-order valence-electron chi connectivity index (χ4n) is 3.80. The summed E-state index contributed by atoms with van der Waals surface area (Å²) in [5.41, 5.74) is 0.705. The number of benzene rings is 2. The van der Waals surface area contributed by atoms with Gasteiger partial charge in [0.15, 0.2) is 6.61 Å². The predicted octanol–water partition coefficient (Wildman–Crippen LogP) is 8.59. The molecule has 0 atom stereocenters. The lowest BCUT2D eigenvalue weighted by molar-refractivity contribution is -0.139. The molecule has 0 heterocycles. The van der Waals surface area contributed by atoms with Gasteiger partial charge in [0.25, 0.3) is 0 Å². The van der Waals surface area contributed by atoms with E-state index in [1.165, 1.54) is 44.2 Å². The minimum atomic E-state index is -1.05. The fourth-order valence-corrected chi connectivity index (χ4v) is 4.56. The van der Waals surface area contributed by atoms with Crippen molar-refractivity contribution < 1.29 is 24.2 Å². The molecule has 0 aliphatic heterocycles. The van der Waals surface area contributed by atoms with Crippen molar-refractivity contribution in [2.45, 2.75) is 63.8 Å². The molecule has 3 N–H and O–H groups in total. The van der Waals surface area contributed by atoms with E-state index in [-0.39, 0.29) is 30.3 Å². The number of carbonyl (C=O) groups excluding carboxylic acids is 2. The molecule has 2 aromatic carbocycles. The number of nitrogens with zero attached hydrogens (tertiary/aromatic N) is 1. The minimum Gasteiger partial charge on any atom is -0.480 e. The molecule has 0 spiro atoms. The molecular weight excluding hydrogens is 648 g/mol. The molecule has 0 saturated heterocycles. The van der Waals surface area contributed by atoms with E-state index < -0.39 is 12.6 Å². The van der Waals surface area contributed by atoms with E-state index in [0.29, 0.717) is 37.6 Å². The topological polar surface area (TPSA) is 108 Å². The summed E-state index contributed by atoms with van der Waals surface area (Å²) in [6, 6.07) is 10.1. The first-order valence-electron chi connectivity index (χ1n) is 13.5. The quantitative estimate of drug-likeness (QED) is 0.282. The van der Waals surface area contributed by atoms with Gasteiger partial charge in [0.05, 0.1) is 15.1 Å². The molecule has 0 unspecified atom stereocenters. The molecule has 2 saturated carbocycles. The van der Waals surface area contributed by atoms with E-state index >= 15 is 0 Å². The lowest BCUT2D eigenvalue weighted by atomic mass is 9.97. The highest BCUT2D eigenvalue weighted by molar-refractivity contribution is 6.42. The summed E-state index contributed by atoms with van der Waals surface area (Å²) in [6.07, 6.45) is 10.8. The summed E-state index contributed by atoms with van der Waals surface area (Å²) in [4.78, 5) is 34.6. The maximum Gasteiger partial charge on any atom is 0.341 e. The third-order valence-corrected chi connectivity index (χ3v) is 7.49. The molecular formula is C29H38Cl5N3O5. The van der Waals surface area contributed by atoms with Crippen molar-refractivity contribution in [3.8, 4) is 5.75 Å². The third kappa shape index (κ3) is 15.4. The van der Waals surface area contributed by atoms with Crippen molar-refractivity contribution >= 4 is 82.4 Å². The molecule has 234 valence electrons. The molecule has 8 nitrogen and oxygen atoms in total. The van der Waals surface area contributed by atoms with Gasteiger partial charge in [0.2, 0.25) is 5.91 Å². The SMILES string of the molecule is CN(C)C(=O)NC1CCCCCCC1.Cl.O=C(Nc1ccc(Cl)c(Cl)c1)C1CC1.O=C(O)COc1ccc(Cl)cc1Cl. The Balaban J connectivity index is 0.000000312. The van der Waals surface area contributed by atoms with Crippen LogP contribution in [0.4, 0.5) is 10.5 Å². The Kier molecular flexibility index (Phi) is 18.0. The van der Waals surface area contributed by atoms with Gasteiger partial charge in [-0.15, -0.1) is 12.4 Å². The number of carboxylic acid groups (broad SMARTS) is 1. The molecule has 13 heteroatoms. The van der Waals surface area contributed by atoms with E-state index in [1.807, 2.05) is 0 Å². The molecule has 4 rings (SSSR count). The Morgan fingerprint density at radius 3 is 2.00 bits per heavy atom. The monoisotopic (exact) mass is 683 g/mol. The number of hydrogen-bond acceptors (Lipinski definition) is 4. The number of hydrogen-bond donors (Lipinski definition) is 3. The fraction of sp³-hybridized carbons (Fsp3) is 0.483. The van der Waals surface area contributed by atoms with Crippen LogP contribution in [0.3, 0.4) is 0 Å². The van der Waals surface area contributed by atoms with Gasteiger partial charge >= 0.3 is 12.0 Å². The molecule has 2 aliphatic carbocycles. The number of amides is 3. The van der Waals surface area contributed by atoms with Gasteiger partial charge in [-0.3, -0.25) is 4.79 Å². The van der Waals surface area contributed by atoms with Gasteiger partial charge in [-0.2, -0.15) is 0 Å². The van der Waals surface area contributed by atoms with Crippen LogP contribution in [0, 0.1) is 5.92 Å². The maximum atomic E-state index is 11.4. The van der Waals surface area contributed by atoms with Gasteiger partial charge in [0.1, 0.15) is 5.75 Å². The van der Waals surface area contributed by atoms with Crippen molar-refractivity contribution in [1.29, 1.82) is 0 Å². The molecule has 42 heavy (non-hydrogen) atoms. The standard InChI is InChI=1S/C11H22N2O.C10H9Cl2NO.C8H6Cl2O3.ClH/c1-13(2)11(14)12-10-8-6-4-3-5-7-9-10;11-8-4-3-7(5-9(8)12)13-10(14)6-1-2-6;9-5-1-2-7(6(10)3-5)13-4-8(11)12;/h10H,3-9H2,1-2H3,(H,12,14);3-6H,1-2H2,(H,13,14);1-3H,4H2,(H,11,12);1H. The summed E-state index contributed by atoms with van der Waals surface area (Å²) in [6.45, 7) is -0.415. The van der Waals surface area contributed by atoms with Crippen LogP contribution in [-0.2, 0) is 9.59 Å².